The van der Waals surface area contributed by atoms with Crippen LogP contribution in [0.3, 0.4) is 0 Å². The fourth-order valence-corrected chi connectivity index (χ4v) is 3.75. The Balaban J connectivity index is 1.68. The van der Waals surface area contributed by atoms with E-state index >= 15 is 0 Å². The molecule has 2 amide bonds. The summed E-state index contributed by atoms with van der Waals surface area (Å²) in [4.78, 5) is 26.8. The second-order valence-corrected chi connectivity index (χ2v) is 6.67. The maximum absolute atomic E-state index is 12.8. The minimum atomic E-state index is -0.151. The van der Waals surface area contributed by atoms with Gasteiger partial charge in [-0.2, -0.15) is 0 Å². The van der Waals surface area contributed by atoms with Crippen molar-refractivity contribution in [2.45, 2.75) is 51.9 Å². The van der Waals surface area contributed by atoms with Gasteiger partial charge >= 0.3 is 0 Å². The number of benzene rings is 1. The van der Waals surface area contributed by atoms with Crippen LogP contribution in [-0.4, -0.2) is 11.8 Å². The van der Waals surface area contributed by atoms with Crippen LogP contribution < -0.4 is 4.90 Å². The zero-order valence-corrected chi connectivity index (χ0v) is 13.8. The standard InChI is InChI=1S/C20H25NO2/c1-2-3-4-6-9-15-12-13-17-18(14-15)20(23)21(19(17)22)16-10-7-5-8-11-16/h5,7-8,10-12,17-18H,2-4,6,9,13-14H2,1H3/t17-,18+/m0/s1. The quantitative estimate of drug-likeness (QED) is 0.441. The number of unbranched alkanes of at least 4 members (excludes halogenated alkanes) is 3. The lowest BCUT2D eigenvalue weighted by Crippen LogP contribution is -2.30. The van der Waals surface area contributed by atoms with Crippen molar-refractivity contribution in [2.75, 3.05) is 4.90 Å². The summed E-state index contributed by atoms with van der Waals surface area (Å²) < 4.78 is 0. The van der Waals surface area contributed by atoms with Gasteiger partial charge in [0.2, 0.25) is 11.8 Å². The van der Waals surface area contributed by atoms with E-state index in [0.29, 0.717) is 5.69 Å². The summed E-state index contributed by atoms with van der Waals surface area (Å²) in [6.07, 6.45) is 9.75. The van der Waals surface area contributed by atoms with E-state index in [2.05, 4.69) is 13.0 Å². The minimum absolute atomic E-state index is 0.00893. The number of hydrogen-bond acceptors (Lipinski definition) is 2. The van der Waals surface area contributed by atoms with Gasteiger partial charge in [-0.05, 0) is 37.8 Å². The second-order valence-electron chi connectivity index (χ2n) is 6.67. The summed E-state index contributed by atoms with van der Waals surface area (Å²) in [6.45, 7) is 2.21. The fraction of sp³-hybridized carbons (Fsp3) is 0.500. The number of hydrogen-bond donors (Lipinski definition) is 0. The van der Waals surface area contributed by atoms with Crippen LogP contribution >= 0.6 is 0 Å². The molecule has 0 unspecified atom stereocenters. The van der Waals surface area contributed by atoms with E-state index in [1.54, 1.807) is 0 Å². The van der Waals surface area contributed by atoms with E-state index in [-0.39, 0.29) is 23.7 Å². The molecule has 1 aromatic rings. The topological polar surface area (TPSA) is 37.4 Å². The van der Waals surface area contributed by atoms with E-state index in [4.69, 9.17) is 0 Å². The lowest BCUT2D eigenvalue weighted by atomic mass is 9.80. The summed E-state index contributed by atoms with van der Waals surface area (Å²) in [5.74, 6) is -0.325. The molecule has 3 rings (SSSR count). The van der Waals surface area contributed by atoms with Crippen LogP contribution in [0.25, 0.3) is 0 Å². The van der Waals surface area contributed by atoms with Gasteiger partial charge in [0.05, 0.1) is 17.5 Å². The van der Waals surface area contributed by atoms with Gasteiger partial charge in [0.15, 0.2) is 0 Å². The second kappa shape index (κ2) is 7.12. The smallest absolute Gasteiger partial charge is 0.238 e. The third-order valence-corrected chi connectivity index (χ3v) is 5.07. The maximum atomic E-state index is 12.8. The molecule has 0 saturated carbocycles. The number of anilines is 1. The Bertz CT molecular complexity index is 605. The first-order valence-corrected chi connectivity index (χ1v) is 8.83. The molecule has 1 fully saturated rings. The van der Waals surface area contributed by atoms with E-state index in [1.807, 2.05) is 30.3 Å². The molecule has 1 aliphatic carbocycles. The summed E-state index contributed by atoms with van der Waals surface area (Å²) in [7, 11) is 0. The number of fused-ring (bicyclic) bond motifs is 1. The van der Waals surface area contributed by atoms with Crippen molar-refractivity contribution in [1.82, 2.24) is 0 Å². The molecule has 122 valence electrons. The third-order valence-electron chi connectivity index (χ3n) is 5.07. The predicted octanol–water partition coefficient (Wildman–Crippen LogP) is 4.48. The molecule has 0 bridgehead atoms. The number of allylic oxidation sites excluding steroid dienone is 2. The first-order chi connectivity index (χ1) is 11.2. The highest BCUT2D eigenvalue weighted by molar-refractivity contribution is 6.22. The van der Waals surface area contributed by atoms with Gasteiger partial charge in [-0.25, -0.2) is 0 Å². The first kappa shape index (κ1) is 16.0. The van der Waals surface area contributed by atoms with Crippen molar-refractivity contribution in [3.8, 4) is 0 Å². The molecular formula is C20H25NO2. The van der Waals surface area contributed by atoms with Crippen LogP contribution in [0.15, 0.2) is 42.0 Å². The van der Waals surface area contributed by atoms with E-state index in [9.17, 15) is 9.59 Å². The molecule has 1 aromatic carbocycles. The number of imide groups is 1. The van der Waals surface area contributed by atoms with Crippen molar-refractivity contribution >= 4 is 17.5 Å². The number of amides is 2. The average Bonchev–Trinajstić information content (AvgIpc) is 2.83. The molecule has 0 radical (unpaired) electrons. The molecule has 23 heavy (non-hydrogen) atoms. The zero-order valence-electron chi connectivity index (χ0n) is 13.8. The average molecular weight is 311 g/mol. The van der Waals surface area contributed by atoms with Crippen LogP contribution in [-0.2, 0) is 9.59 Å². The van der Waals surface area contributed by atoms with Gasteiger partial charge < -0.3 is 0 Å². The highest BCUT2D eigenvalue weighted by Gasteiger charge is 2.48. The van der Waals surface area contributed by atoms with Crippen LogP contribution in [0.5, 0.6) is 0 Å². The van der Waals surface area contributed by atoms with E-state index in [0.717, 1.165) is 19.3 Å². The molecule has 0 N–H and O–H groups in total. The van der Waals surface area contributed by atoms with Gasteiger partial charge in [0.1, 0.15) is 0 Å². The Hall–Kier alpha value is -1.90. The molecule has 2 atom stereocenters. The van der Waals surface area contributed by atoms with Crippen molar-refractivity contribution in [1.29, 1.82) is 0 Å². The van der Waals surface area contributed by atoms with Gasteiger partial charge in [-0.15, -0.1) is 0 Å². The lowest BCUT2D eigenvalue weighted by Gasteiger charge is -2.21. The molecule has 0 spiro atoms. The molecule has 0 aromatic heterocycles. The number of nitrogens with zero attached hydrogens (tertiary/aromatic N) is 1. The number of rotatable bonds is 6. The Morgan fingerprint density at radius 3 is 2.48 bits per heavy atom. The van der Waals surface area contributed by atoms with Gasteiger partial charge in [-0.1, -0.05) is 56.0 Å². The highest BCUT2D eigenvalue weighted by atomic mass is 16.2. The van der Waals surface area contributed by atoms with Crippen molar-refractivity contribution in [3.05, 3.63) is 42.0 Å². The zero-order chi connectivity index (χ0) is 16.2. The molecular weight excluding hydrogens is 286 g/mol. The van der Waals surface area contributed by atoms with Crippen molar-refractivity contribution in [3.63, 3.8) is 0 Å². The largest absolute Gasteiger partial charge is 0.274 e. The molecule has 1 saturated heterocycles. The normalized spacial score (nSPS) is 23.9. The Morgan fingerprint density at radius 2 is 1.74 bits per heavy atom. The predicted molar refractivity (Wildman–Crippen MR) is 92.0 cm³/mol. The molecule has 1 heterocycles. The van der Waals surface area contributed by atoms with Gasteiger partial charge in [0, 0.05) is 0 Å². The first-order valence-electron chi connectivity index (χ1n) is 8.83. The SMILES string of the molecule is CCCCCCC1=CC[C@@H]2C(=O)N(c3ccccc3)C(=O)[C@@H]2C1. The van der Waals surface area contributed by atoms with E-state index < -0.39 is 0 Å². The monoisotopic (exact) mass is 311 g/mol. The molecule has 3 nitrogen and oxygen atoms in total. The van der Waals surface area contributed by atoms with Crippen molar-refractivity contribution in [2.24, 2.45) is 11.8 Å². The van der Waals surface area contributed by atoms with Gasteiger partial charge in [-0.3, -0.25) is 14.5 Å². The summed E-state index contributed by atoms with van der Waals surface area (Å²) in [5, 5.41) is 0. The molecule has 1 aliphatic heterocycles. The number of carbonyl (C=O) groups is 2. The molecule has 3 heteroatoms. The molecule has 2 aliphatic rings. The highest BCUT2D eigenvalue weighted by Crippen LogP contribution is 2.40. The number of para-hydroxylation sites is 1. The minimum Gasteiger partial charge on any atom is -0.274 e. The Labute approximate surface area is 138 Å². The maximum Gasteiger partial charge on any atom is 0.238 e. The van der Waals surface area contributed by atoms with Crippen LogP contribution in [0.2, 0.25) is 0 Å². The van der Waals surface area contributed by atoms with Crippen molar-refractivity contribution < 1.29 is 9.59 Å². The van der Waals surface area contributed by atoms with Gasteiger partial charge in [0.25, 0.3) is 0 Å². The lowest BCUT2D eigenvalue weighted by molar-refractivity contribution is -0.122. The van der Waals surface area contributed by atoms with E-state index in [1.165, 1.54) is 36.2 Å². The van der Waals surface area contributed by atoms with Crippen LogP contribution in [0.1, 0.15) is 51.9 Å². The number of carbonyl (C=O) groups excluding carboxylic acids is 2. The van der Waals surface area contributed by atoms with Crippen LogP contribution in [0.4, 0.5) is 5.69 Å². The summed E-state index contributed by atoms with van der Waals surface area (Å²) >= 11 is 0. The summed E-state index contributed by atoms with van der Waals surface area (Å²) in [5.41, 5.74) is 2.08. The Kier molecular flexibility index (Phi) is 4.94. The summed E-state index contributed by atoms with van der Waals surface area (Å²) in [6, 6.07) is 9.32. The third kappa shape index (κ3) is 3.24. The van der Waals surface area contributed by atoms with Crippen LogP contribution in [0, 0.1) is 11.8 Å². The Morgan fingerprint density at radius 1 is 1.00 bits per heavy atom. The fourth-order valence-electron chi connectivity index (χ4n) is 3.75.